The first-order valence-corrected chi connectivity index (χ1v) is 5.54. The van der Waals surface area contributed by atoms with Crippen LogP contribution < -0.4 is 16.2 Å². The van der Waals surface area contributed by atoms with Crippen molar-refractivity contribution >= 4 is 11.6 Å². The molecule has 0 aliphatic rings. The van der Waals surface area contributed by atoms with Crippen LogP contribution >= 0.6 is 0 Å². The summed E-state index contributed by atoms with van der Waals surface area (Å²) in [4.78, 5) is 6.50. The van der Waals surface area contributed by atoms with Gasteiger partial charge in [0.25, 0.3) is 0 Å². The van der Waals surface area contributed by atoms with Crippen molar-refractivity contribution in [3.05, 3.63) is 42.4 Å². The van der Waals surface area contributed by atoms with Crippen LogP contribution in [0.1, 0.15) is 12.7 Å². The van der Waals surface area contributed by atoms with Crippen LogP contribution in [0.5, 0.6) is 0 Å². The lowest BCUT2D eigenvalue weighted by Crippen LogP contribution is -2.23. The molecule has 2 aromatic heterocycles. The van der Waals surface area contributed by atoms with E-state index < -0.39 is 0 Å². The molecule has 90 valence electrons. The summed E-state index contributed by atoms with van der Waals surface area (Å²) in [5.74, 6) is 7.79. The van der Waals surface area contributed by atoms with Crippen molar-refractivity contribution in [1.82, 2.24) is 4.98 Å². The number of pyridine rings is 1. The molecular weight excluding hydrogens is 216 g/mol. The average Bonchev–Trinajstić information content (AvgIpc) is 2.89. The third kappa shape index (κ3) is 2.76. The fourth-order valence-electron chi connectivity index (χ4n) is 1.63. The first kappa shape index (κ1) is 11.5. The minimum absolute atomic E-state index is 0.653. The Labute approximate surface area is 100 Å². The molecule has 5 heteroatoms. The second kappa shape index (κ2) is 5.36. The van der Waals surface area contributed by atoms with Gasteiger partial charge in [-0.15, -0.1) is 0 Å². The van der Waals surface area contributed by atoms with Crippen molar-refractivity contribution in [2.75, 3.05) is 16.9 Å². The lowest BCUT2D eigenvalue weighted by molar-refractivity contribution is 0.503. The van der Waals surface area contributed by atoms with Gasteiger partial charge in [0.2, 0.25) is 0 Å². The number of furan rings is 1. The molecule has 0 saturated carbocycles. The number of nitrogen functional groups attached to an aromatic ring is 1. The van der Waals surface area contributed by atoms with Crippen LogP contribution in [0.3, 0.4) is 0 Å². The number of rotatable bonds is 5. The summed E-state index contributed by atoms with van der Waals surface area (Å²) in [6.45, 7) is 3.62. The molecule has 0 amide bonds. The molecule has 17 heavy (non-hydrogen) atoms. The van der Waals surface area contributed by atoms with E-state index in [0.717, 1.165) is 18.1 Å². The second-order valence-corrected chi connectivity index (χ2v) is 3.62. The fourth-order valence-corrected chi connectivity index (χ4v) is 1.63. The van der Waals surface area contributed by atoms with Crippen LogP contribution in [-0.2, 0) is 6.54 Å². The van der Waals surface area contributed by atoms with E-state index >= 15 is 0 Å². The number of hydrogen-bond donors (Lipinski definition) is 2. The predicted molar refractivity (Wildman–Crippen MR) is 67.5 cm³/mol. The van der Waals surface area contributed by atoms with Gasteiger partial charge in [-0.1, -0.05) is 6.07 Å². The molecule has 0 aliphatic carbocycles. The lowest BCUT2D eigenvalue weighted by Gasteiger charge is -2.21. The van der Waals surface area contributed by atoms with Gasteiger partial charge in [-0.25, -0.2) is 10.8 Å². The molecule has 0 saturated heterocycles. The molecule has 0 unspecified atom stereocenters. The van der Waals surface area contributed by atoms with Crippen molar-refractivity contribution < 1.29 is 4.42 Å². The molecule has 0 fully saturated rings. The Morgan fingerprint density at radius 2 is 2.24 bits per heavy atom. The topological polar surface area (TPSA) is 67.3 Å². The molecule has 2 rings (SSSR count). The highest BCUT2D eigenvalue weighted by Gasteiger charge is 2.08. The lowest BCUT2D eigenvalue weighted by atomic mass is 10.3. The zero-order valence-electron chi connectivity index (χ0n) is 9.76. The highest BCUT2D eigenvalue weighted by atomic mass is 16.3. The number of nitrogens with two attached hydrogens (primary N) is 1. The molecule has 0 spiro atoms. The van der Waals surface area contributed by atoms with Gasteiger partial charge in [0.15, 0.2) is 0 Å². The third-order valence-electron chi connectivity index (χ3n) is 2.51. The number of anilines is 2. The van der Waals surface area contributed by atoms with Crippen LogP contribution in [0.4, 0.5) is 11.6 Å². The van der Waals surface area contributed by atoms with Crippen molar-refractivity contribution in [3.8, 4) is 0 Å². The SMILES string of the molecule is CCN(Cc1ccco1)c1cccc(NN)n1. The third-order valence-corrected chi connectivity index (χ3v) is 2.51. The Morgan fingerprint density at radius 3 is 2.88 bits per heavy atom. The fraction of sp³-hybridized carbons (Fsp3) is 0.250. The smallest absolute Gasteiger partial charge is 0.142 e. The maximum Gasteiger partial charge on any atom is 0.142 e. The van der Waals surface area contributed by atoms with Gasteiger partial charge < -0.3 is 14.7 Å². The normalized spacial score (nSPS) is 10.2. The average molecular weight is 232 g/mol. The van der Waals surface area contributed by atoms with Gasteiger partial charge in [0.1, 0.15) is 17.4 Å². The van der Waals surface area contributed by atoms with E-state index in [0.29, 0.717) is 12.4 Å². The van der Waals surface area contributed by atoms with Crippen molar-refractivity contribution in [2.45, 2.75) is 13.5 Å². The molecule has 0 aromatic carbocycles. The minimum Gasteiger partial charge on any atom is -0.467 e. The van der Waals surface area contributed by atoms with Crippen LogP contribution in [0.2, 0.25) is 0 Å². The van der Waals surface area contributed by atoms with Crippen molar-refractivity contribution in [3.63, 3.8) is 0 Å². The first-order chi connectivity index (χ1) is 8.33. The molecule has 0 atom stereocenters. The highest BCUT2D eigenvalue weighted by Crippen LogP contribution is 2.16. The summed E-state index contributed by atoms with van der Waals surface area (Å²) in [5, 5.41) is 0. The van der Waals surface area contributed by atoms with Gasteiger partial charge in [-0.3, -0.25) is 0 Å². The van der Waals surface area contributed by atoms with E-state index in [9.17, 15) is 0 Å². The largest absolute Gasteiger partial charge is 0.467 e. The molecule has 5 nitrogen and oxygen atoms in total. The molecule has 2 aromatic rings. The number of aromatic nitrogens is 1. The zero-order chi connectivity index (χ0) is 12.1. The summed E-state index contributed by atoms with van der Waals surface area (Å²) in [6.07, 6.45) is 1.68. The van der Waals surface area contributed by atoms with Gasteiger partial charge in [-0.05, 0) is 31.2 Å². The Hall–Kier alpha value is -2.01. The maximum absolute atomic E-state index is 5.35. The quantitative estimate of drug-likeness (QED) is 0.609. The number of nitrogens with one attached hydrogen (secondary N) is 1. The molecule has 0 radical (unpaired) electrons. The van der Waals surface area contributed by atoms with Gasteiger partial charge in [0, 0.05) is 6.54 Å². The maximum atomic E-state index is 5.35. The molecular formula is C12H16N4O. The summed E-state index contributed by atoms with van der Waals surface area (Å²) >= 11 is 0. The Bertz CT molecular complexity index is 455. The molecule has 0 bridgehead atoms. The predicted octanol–water partition coefficient (Wildman–Crippen LogP) is 1.99. The van der Waals surface area contributed by atoms with E-state index in [-0.39, 0.29) is 0 Å². The van der Waals surface area contributed by atoms with E-state index in [1.165, 1.54) is 0 Å². The Morgan fingerprint density at radius 1 is 1.35 bits per heavy atom. The van der Waals surface area contributed by atoms with Gasteiger partial charge >= 0.3 is 0 Å². The van der Waals surface area contributed by atoms with Crippen LogP contribution in [0.25, 0.3) is 0 Å². The second-order valence-electron chi connectivity index (χ2n) is 3.62. The van der Waals surface area contributed by atoms with Crippen molar-refractivity contribution in [2.24, 2.45) is 5.84 Å². The summed E-state index contributed by atoms with van der Waals surface area (Å²) in [7, 11) is 0. The minimum atomic E-state index is 0.653. The monoisotopic (exact) mass is 232 g/mol. The summed E-state index contributed by atoms with van der Waals surface area (Å²) in [6, 6.07) is 9.53. The first-order valence-electron chi connectivity index (χ1n) is 5.54. The summed E-state index contributed by atoms with van der Waals surface area (Å²) in [5.41, 5.74) is 2.54. The van der Waals surface area contributed by atoms with Gasteiger partial charge in [0.05, 0.1) is 12.8 Å². The van der Waals surface area contributed by atoms with Crippen molar-refractivity contribution in [1.29, 1.82) is 0 Å². The number of nitrogens with zero attached hydrogens (tertiary/aromatic N) is 2. The van der Waals surface area contributed by atoms with E-state index in [2.05, 4.69) is 22.2 Å². The standard InChI is InChI=1S/C12H16N4O/c1-2-16(9-10-5-4-8-17-10)12-7-3-6-11(14-12)15-13/h3-8H,2,9,13H2,1H3,(H,14,15). The van der Waals surface area contributed by atoms with E-state index in [1.54, 1.807) is 6.26 Å². The molecule has 2 heterocycles. The van der Waals surface area contributed by atoms with Crippen LogP contribution in [-0.4, -0.2) is 11.5 Å². The van der Waals surface area contributed by atoms with Crippen LogP contribution in [0.15, 0.2) is 41.0 Å². The van der Waals surface area contributed by atoms with Crippen LogP contribution in [0, 0.1) is 0 Å². The Kier molecular flexibility index (Phi) is 3.62. The van der Waals surface area contributed by atoms with E-state index in [1.807, 2.05) is 30.3 Å². The number of hydrazine groups is 1. The molecule has 3 N–H and O–H groups in total. The summed E-state index contributed by atoms with van der Waals surface area (Å²) < 4.78 is 5.33. The Balaban J connectivity index is 2.16. The molecule has 0 aliphatic heterocycles. The number of hydrogen-bond acceptors (Lipinski definition) is 5. The van der Waals surface area contributed by atoms with E-state index in [4.69, 9.17) is 10.3 Å². The van der Waals surface area contributed by atoms with Gasteiger partial charge in [-0.2, -0.15) is 0 Å². The highest BCUT2D eigenvalue weighted by molar-refractivity contribution is 5.46. The zero-order valence-corrected chi connectivity index (χ0v) is 9.76.